The summed E-state index contributed by atoms with van der Waals surface area (Å²) in [6.45, 7) is 2.73. The number of morpholine rings is 1. The number of carbonyl (C=O) groups is 1. The molecule has 1 aromatic rings. The monoisotopic (exact) mass is 358 g/mol. The minimum atomic E-state index is -0.0600. The van der Waals surface area contributed by atoms with Gasteiger partial charge in [-0.1, -0.05) is 0 Å². The molecule has 1 aliphatic rings. The second-order valence-electron chi connectivity index (χ2n) is 4.59. The van der Waals surface area contributed by atoms with E-state index in [1.807, 2.05) is 6.07 Å². The molecule has 116 valence electrons. The summed E-state index contributed by atoms with van der Waals surface area (Å²) in [6, 6.07) is 3.66. The zero-order chi connectivity index (χ0) is 15.2. The first-order valence-corrected chi connectivity index (χ1v) is 7.49. The average Bonchev–Trinajstić information content (AvgIpc) is 2.53. The molecule has 1 aliphatic heterocycles. The van der Waals surface area contributed by atoms with Gasteiger partial charge >= 0.3 is 0 Å². The standard InChI is InChI=1S/C14H19BrN2O4/c1-19-12-7-10(8-16)6-11(15)14(12)21-9-13(18)17-2-4-20-5-3-17/h6-7H,2-5,8-9,16H2,1H3. The third-order valence-corrected chi connectivity index (χ3v) is 3.82. The first-order chi connectivity index (χ1) is 10.2. The van der Waals surface area contributed by atoms with Gasteiger partial charge in [-0.25, -0.2) is 0 Å². The SMILES string of the molecule is COc1cc(CN)cc(Br)c1OCC(=O)N1CCOCC1. The smallest absolute Gasteiger partial charge is 0.260 e. The van der Waals surface area contributed by atoms with Gasteiger partial charge in [0.1, 0.15) is 0 Å². The Morgan fingerprint density at radius 2 is 2.14 bits per heavy atom. The van der Waals surface area contributed by atoms with Crippen molar-refractivity contribution >= 4 is 21.8 Å². The molecule has 2 N–H and O–H groups in total. The molecule has 0 bridgehead atoms. The van der Waals surface area contributed by atoms with Crippen LogP contribution in [-0.2, 0) is 16.1 Å². The molecular weight excluding hydrogens is 340 g/mol. The molecule has 0 unspecified atom stereocenters. The molecule has 0 aromatic heterocycles. The molecule has 0 saturated carbocycles. The van der Waals surface area contributed by atoms with Crippen molar-refractivity contribution < 1.29 is 19.0 Å². The Balaban J connectivity index is 2.03. The van der Waals surface area contributed by atoms with Crippen molar-refractivity contribution in [3.05, 3.63) is 22.2 Å². The van der Waals surface area contributed by atoms with E-state index in [9.17, 15) is 4.79 Å². The van der Waals surface area contributed by atoms with Gasteiger partial charge in [0.2, 0.25) is 0 Å². The van der Waals surface area contributed by atoms with E-state index in [4.69, 9.17) is 19.9 Å². The van der Waals surface area contributed by atoms with Crippen LogP contribution < -0.4 is 15.2 Å². The van der Waals surface area contributed by atoms with Crippen molar-refractivity contribution in [3.63, 3.8) is 0 Å². The first kappa shape index (κ1) is 16.1. The van der Waals surface area contributed by atoms with Gasteiger partial charge in [-0.05, 0) is 33.6 Å². The van der Waals surface area contributed by atoms with Gasteiger partial charge in [-0.3, -0.25) is 4.79 Å². The highest BCUT2D eigenvalue weighted by atomic mass is 79.9. The van der Waals surface area contributed by atoms with Gasteiger partial charge in [-0.2, -0.15) is 0 Å². The highest BCUT2D eigenvalue weighted by molar-refractivity contribution is 9.10. The summed E-state index contributed by atoms with van der Waals surface area (Å²) in [5.41, 5.74) is 6.54. The molecule has 1 fully saturated rings. The normalized spacial score (nSPS) is 14.9. The molecule has 1 heterocycles. The number of carbonyl (C=O) groups excluding carboxylic acids is 1. The van der Waals surface area contributed by atoms with Gasteiger partial charge < -0.3 is 24.8 Å². The van der Waals surface area contributed by atoms with Gasteiger partial charge in [0, 0.05) is 19.6 Å². The van der Waals surface area contributed by atoms with E-state index in [2.05, 4.69) is 15.9 Å². The summed E-state index contributed by atoms with van der Waals surface area (Å²) < 4.78 is 16.9. The van der Waals surface area contributed by atoms with Crippen molar-refractivity contribution in [2.24, 2.45) is 5.73 Å². The van der Waals surface area contributed by atoms with Crippen LogP contribution in [0.25, 0.3) is 0 Å². The fraction of sp³-hybridized carbons (Fsp3) is 0.500. The lowest BCUT2D eigenvalue weighted by atomic mass is 10.2. The lowest BCUT2D eigenvalue weighted by molar-refractivity contribution is -0.137. The van der Waals surface area contributed by atoms with Crippen molar-refractivity contribution in [1.29, 1.82) is 0 Å². The molecule has 1 aromatic carbocycles. The van der Waals surface area contributed by atoms with Crippen LogP contribution in [0.1, 0.15) is 5.56 Å². The molecule has 0 atom stereocenters. The molecule has 0 spiro atoms. The van der Waals surface area contributed by atoms with E-state index in [0.29, 0.717) is 44.3 Å². The second kappa shape index (κ2) is 7.63. The minimum absolute atomic E-state index is 0.0308. The van der Waals surface area contributed by atoms with Crippen LogP contribution in [0.3, 0.4) is 0 Å². The number of rotatable bonds is 5. The molecule has 1 amide bonds. The van der Waals surface area contributed by atoms with Crippen LogP contribution in [0.2, 0.25) is 0 Å². The molecule has 0 radical (unpaired) electrons. The van der Waals surface area contributed by atoms with Crippen molar-refractivity contribution in [2.45, 2.75) is 6.54 Å². The second-order valence-corrected chi connectivity index (χ2v) is 5.45. The summed E-state index contributed by atoms with van der Waals surface area (Å²) in [5, 5.41) is 0. The Hall–Kier alpha value is -1.31. The number of amides is 1. The zero-order valence-corrected chi connectivity index (χ0v) is 13.5. The van der Waals surface area contributed by atoms with Gasteiger partial charge in [0.25, 0.3) is 5.91 Å². The molecule has 0 aliphatic carbocycles. The van der Waals surface area contributed by atoms with Crippen molar-refractivity contribution in [2.75, 3.05) is 40.0 Å². The lowest BCUT2D eigenvalue weighted by Crippen LogP contribution is -2.43. The number of nitrogens with two attached hydrogens (primary N) is 1. The Bertz CT molecular complexity index is 504. The number of methoxy groups -OCH3 is 1. The average molecular weight is 359 g/mol. The Morgan fingerprint density at radius 3 is 2.76 bits per heavy atom. The van der Waals surface area contributed by atoms with Crippen LogP contribution in [0.15, 0.2) is 16.6 Å². The zero-order valence-electron chi connectivity index (χ0n) is 11.9. The predicted molar refractivity (Wildman–Crippen MR) is 81.5 cm³/mol. The molecule has 2 rings (SSSR count). The highest BCUT2D eigenvalue weighted by Gasteiger charge is 2.19. The lowest BCUT2D eigenvalue weighted by Gasteiger charge is -2.27. The summed E-state index contributed by atoms with van der Waals surface area (Å²) in [5.74, 6) is 1.01. The fourth-order valence-electron chi connectivity index (χ4n) is 2.07. The van der Waals surface area contributed by atoms with E-state index in [0.717, 1.165) is 10.0 Å². The number of hydrogen-bond donors (Lipinski definition) is 1. The third kappa shape index (κ3) is 4.09. The topological polar surface area (TPSA) is 74.0 Å². The van der Waals surface area contributed by atoms with Crippen LogP contribution >= 0.6 is 15.9 Å². The molecule has 6 nitrogen and oxygen atoms in total. The van der Waals surface area contributed by atoms with Crippen LogP contribution in [0.5, 0.6) is 11.5 Å². The summed E-state index contributed by atoms with van der Waals surface area (Å²) in [4.78, 5) is 13.8. The molecule has 21 heavy (non-hydrogen) atoms. The van der Waals surface area contributed by atoms with Crippen LogP contribution in [0, 0.1) is 0 Å². The largest absolute Gasteiger partial charge is 0.493 e. The Kier molecular flexibility index (Phi) is 5.84. The van der Waals surface area contributed by atoms with E-state index in [-0.39, 0.29) is 12.5 Å². The van der Waals surface area contributed by atoms with E-state index < -0.39 is 0 Å². The van der Waals surface area contributed by atoms with Crippen molar-refractivity contribution in [3.8, 4) is 11.5 Å². The highest BCUT2D eigenvalue weighted by Crippen LogP contribution is 2.36. The maximum Gasteiger partial charge on any atom is 0.260 e. The summed E-state index contributed by atoms with van der Waals surface area (Å²) >= 11 is 3.42. The number of nitrogens with zero attached hydrogens (tertiary/aromatic N) is 1. The van der Waals surface area contributed by atoms with Crippen LogP contribution in [0.4, 0.5) is 0 Å². The van der Waals surface area contributed by atoms with E-state index >= 15 is 0 Å². The number of benzene rings is 1. The maximum atomic E-state index is 12.1. The summed E-state index contributed by atoms with van der Waals surface area (Å²) in [6.07, 6.45) is 0. The number of halogens is 1. The first-order valence-electron chi connectivity index (χ1n) is 6.70. The van der Waals surface area contributed by atoms with Gasteiger partial charge in [-0.15, -0.1) is 0 Å². The molecule has 7 heteroatoms. The minimum Gasteiger partial charge on any atom is -0.493 e. The Labute approximate surface area is 132 Å². The molecule has 1 saturated heterocycles. The molecular formula is C14H19BrN2O4. The Morgan fingerprint density at radius 1 is 1.43 bits per heavy atom. The van der Waals surface area contributed by atoms with Gasteiger partial charge in [0.15, 0.2) is 18.1 Å². The van der Waals surface area contributed by atoms with Gasteiger partial charge in [0.05, 0.1) is 24.8 Å². The third-order valence-electron chi connectivity index (χ3n) is 3.23. The van der Waals surface area contributed by atoms with Crippen molar-refractivity contribution in [1.82, 2.24) is 4.90 Å². The van der Waals surface area contributed by atoms with Crippen LogP contribution in [-0.4, -0.2) is 50.8 Å². The quantitative estimate of drug-likeness (QED) is 0.854. The number of hydrogen-bond acceptors (Lipinski definition) is 5. The fourth-order valence-corrected chi connectivity index (χ4v) is 2.67. The van der Waals surface area contributed by atoms with E-state index in [1.54, 1.807) is 18.1 Å². The number of ether oxygens (including phenoxy) is 3. The predicted octanol–water partition coefficient (Wildman–Crippen LogP) is 1.15. The maximum absolute atomic E-state index is 12.1. The summed E-state index contributed by atoms with van der Waals surface area (Å²) in [7, 11) is 1.55. The van der Waals surface area contributed by atoms with E-state index in [1.165, 1.54) is 0 Å².